The Hall–Kier alpha value is -1.18. The lowest BCUT2D eigenvalue weighted by Crippen LogP contribution is -2.58. The fraction of sp³-hybridized carbons (Fsp3) is 0.833. The van der Waals surface area contributed by atoms with Gasteiger partial charge in [0.2, 0.25) is 6.29 Å². The van der Waals surface area contributed by atoms with Crippen LogP contribution >= 0.6 is 0 Å². The van der Waals surface area contributed by atoms with Crippen LogP contribution in [0.4, 0.5) is 0 Å². The molecule has 0 aromatic heterocycles. The molecular weight excluding hydrogens is 320 g/mol. The van der Waals surface area contributed by atoms with E-state index in [2.05, 4.69) is 4.74 Å². The Kier molecular flexibility index (Phi) is 6.98. The number of aliphatic hydroxyl groups is 7. The van der Waals surface area contributed by atoms with Crippen LogP contribution in [0.1, 0.15) is 6.92 Å². The van der Waals surface area contributed by atoms with Crippen LogP contribution in [0.5, 0.6) is 0 Å². The van der Waals surface area contributed by atoms with E-state index in [1.807, 2.05) is 0 Å². The van der Waals surface area contributed by atoms with E-state index in [9.17, 15) is 35.1 Å². The summed E-state index contributed by atoms with van der Waals surface area (Å²) in [6.45, 7) is 0.352. The van der Waals surface area contributed by atoms with Crippen molar-refractivity contribution in [1.82, 2.24) is 0 Å². The third kappa shape index (κ3) is 4.43. The van der Waals surface area contributed by atoms with Crippen molar-refractivity contribution in [3.8, 4) is 0 Å². The van der Waals surface area contributed by atoms with Crippen LogP contribution in [0.2, 0.25) is 0 Å². The van der Waals surface area contributed by atoms with Crippen LogP contribution < -0.4 is 0 Å². The molecular formula is C12H20O11. The van der Waals surface area contributed by atoms with Gasteiger partial charge in [-0.2, -0.15) is 0 Å². The molecule has 7 N–H and O–H groups in total. The Morgan fingerprint density at radius 2 is 1.65 bits per heavy atom. The number of hydrogen-bond donors (Lipinski definition) is 7. The van der Waals surface area contributed by atoms with Gasteiger partial charge in [-0.05, 0) is 6.92 Å². The molecule has 0 amide bonds. The van der Waals surface area contributed by atoms with E-state index in [-0.39, 0.29) is 0 Å². The highest BCUT2D eigenvalue weighted by atomic mass is 16.7. The molecule has 1 aliphatic heterocycles. The van der Waals surface area contributed by atoms with Crippen LogP contribution in [0.25, 0.3) is 0 Å². The van der Waals surface area contributed by atoms with Crippen LogP contribution in [0.3, 0.4) is 0 Å². The summed E-state index contributed by atoms with van der Waals surface area (Å²) in [6, 6.07) is 0. The zero-order valence-corrected chi connectivity index (χ0v) is 12.1. The first-order valence-electron chi connectivity index (χ1n) is 6.71. The molecule has 0 saturated carbocycles. The quantitative estimate of drug-likeness (QED) is 0.181. The highest BCUT2D eigenvalue weighted by molar-refractivity contribution is 6.35. The summed E-state index contributed by atoms with van der Waals surface area (Å²) in [4.78, 5) is 23.2. The van der Waals surface area contributed by atoms with E-state index in [1.54, 1.807) is 0 Å². The minimum atomic E-state index is -2.38. The SMILES string of the molecule is CC1OC(OC(=O)C(=O)C(O)C(O)C(O)CO)C(O)C(O)C1O. The smallest absolute Gasteiger partial charge is 0.379 e. The predicted octanol–water partition coefficient (Wildman–Crippen LogP) is -5.00. The van der Waals surface area contributed by atoms with Crippen molar-refractivity contribution in [2.45, 2.75) is 55.9 Å². The van der Waals surface area contributed by atoms with E-state index in [1.165, 1.54) is 6.92 Å². The second-order valence-corrected chi connectivity index (χ2v) is 5.14. The molecule has 8 atom stereocenters. The molecule has 1 rings (SSSR count). The minimum absolute atomic E-state index is 0.966. The number of ether oxygens (including phenoxy) is 2. The van der Waals surface area contributed by atoms with E-state index < -0.39 is 67.4 Å². The second-order valence-electron chi connectivity index (χ2n) is 5.14. The summed E-state index contributed by atoms with van der Waals surface area (Å²) in [7, 11) is 0. The summed E-state index contributed by atoms with van der Waals surface area (Å²) in [5.74, 6) is -3.37. The van der Waals surface area contributed by atoms with Gasteiger partial charge in [-0.3, -0.25) is 4.79 Å². The van der Waals surface area contributed by atoms with Crippen molar-refractivity contribution in [3.63, 3.8) is 0 Å². The van der Waals surface area contributed by atoms with Gasteiger partial charge in [-0.25, -0.2) is 4.79 Å². The average molecular weight is 340 g/mol. The topological polar surface area (TPSA) is 194 Å². The molecule has 0 bridgehead atoms. The molecule has 0 aromatic carbocycles. The van der Waals surface area contributed by atoms with Gasteiger partial charge in [0.25, 0.3) is 5.78 Å². The molecule has 0 spiro atoms. The zero-order chi connectivity index (χ0) is 17.9. The first-order valence-corrected chi connectivity index (χ1v) is 6.71. The van der Waals surface area contributed by atoms with E-state index in [0.29, 0.717) is 0 Å². The van der Waals surface area contributed by atoms with Gasteiger partial charge in [-0.15, -0.1) is 0 Å². The van der Waals surface area contributed by atoms with E-state index in [0.717, 1.165) is 0 Å². The summed E-state index contributed by atoms with van der Waals surface area (Å²) < 4.78 is 9.41. The standard InChI is InChI=1S/C12H20O11/c1-3-5(15)7(17)10(20)12(22-3)23-11(21)9(19)8(18)6(16)4(14)2-13/h3-8,10,12-18,20H,2H2,1H3. The van der Waals surface area contributed by atoms with Crippen molar-refractivity contribution < 1.29 is 54.8 Å². The Labute approximate surface area is 130 Å². The Balaban J connectivity index is 2.69. The molecule has 11 nitrogen and oxygen atoms in total. The average Bonchev–Trinajstić information content (AvgIpc) is 2.54. The first-order chi connectivity index (χ1) is 10.6. The zero-order valence-electron chi connectivity index (χ0n) is 12.1. The number of rotatable bonds is 6. The van der Waals surface area contributed by atoms with Crippen molar-refractivity contribution in [3.05, 3.63) is 0 Å². The molecule has 0 radical (unpaired) electrons. The van der Waals surface area contributed by atoms with Gasteiger partial charge < -0.3 is 45.2 Å². The molecule has 0 aromatic rings. The third-order valence-corrected chi connectivity index (χ3v) is 3.41. The minimum Gasteiger partial charge on any atom is -0.427 e. The fourth-order valence-corrected chi connectivity index (χ4v) is 1.87. The number of carbonyl (C=O) groups excluding carboxylic acids is 2. The molecule has 23 heavy (non-hydrogen) atoms. The van der Waals surface area contributed by atoms with Gasteiger partial charge in [0.05, 0.1) is 12.7 Å². The maximum absolute atomic E-state index is 11.6. The molecule has 8 unspecified atom stereocenters. The number of Topliss-reactive ketones (excluding diaryl/α,β-unsaturated/α-hetero) is 1. The maximum atomic E-state index is 11.6. The van der Waals surface area contributed by atoms with E-state index >= 15 is 0 Å². The lowest BCUT2D eigenvalue weighted by atomic mass is 10.00. The van der Waals surface area contributed by atoms with E-state index in [4.69, 9.17) is 14.9 Å². The van der Waals surface area contributed by atoms with Crippen molar-refractivity contribution in [2.24, 2.45) is 0 Å². The Morgan fingerprint density at radius 1 is 1.09 bits per heavy atom. The monoisotopic (exact) mass is 340 g/mol. The lowest BCUT2D eigenvalue weighted by molar-refractivity contribution is -0.284. The van der Waals surface area contributed by atoms with Crippen molar-refractivity contribution >= 4 is 11.8 Å². The number of esters is 1. The number of carbonyl (C=O) groups is 2. The maximum Gasteiger partial charge on any atom is 0.379 e. The van der Waals surface area contributed by atoms with Gasteiger partial charge >= 0.3 is 5.97 Å². The summed E-state index contributed by atoms with van der Waals surface area (Å²) >= 11 is 0. The number of hydrogen-bond acceptors (Lipinski definition) is 11. The fourth-order valence-electron chi connectivity index (χ4n) is 1.87. The molecule has 134 valence electrons. The Bertz CT molecular complexity index is 427. The van der Waals surface area contributed by atoms with Gasteiger partial charge in [-0.1, -0.05) is 0 Å². The molecule has 0 aliphatic carbocycles. The van der Waals surface area contributed by atoms with Crippen LogP contribution in [-0.4, -0.2) is 103 Å². The van der Waals surface area contributed by atoms with Crippen molar-refractivity contribution in [2.75, 3.05) is 6.61 Å². The number of aliphatic hydroxyl groups excluding tert-OH is 7. The van der Waals surface area contributed by atoms with Crippen LogP contribution in [0.15, 0.2) is 0 Å². The van der Waals surface area contributed by atoms with Crippen LogP contribution in [-0.2, 0) is 19.1 Å². The van der Waals surface area contributed by atoms with Gasteiger partial charge in [0.15, 0.2) is 6.10 Å². The highest BCUT2D eigenvalue weighted by Gasteiger charge is 2.45. The first kappa shape index (κ1) is 19.9. The molecule has 1 saturated heterocycles. The van der Waals surface area contributed by atoms with Crippen LogP contribution in [0, 0.1) is 0 Å². The largest absolute Gasteiger partial charge is 0.427 e. The third-order valence-electron chi connectivity index (χ3n) is 3.41. The normalized spacial score (nSPS) is 35.2. The highest BCUT2D eigenvalue weighted by Crippen LogP contribution is 2.22. The molecule has 1 fully saturated rings. The molecule has 1 aliphatic rings. The second kappa shape index (κ2) is 8.08. The van der Waals surface area contributed by atoms with Gasteiger partial charge in [0.1, 0.15) is 30.5 Å². The molecule has 1 heterocycles. The predicted molar refractivity (Wildman–Crippen MR) is 68.6 cm³/mol. The van der Waals surface area contributed by atoms with Gasteiger partial charge in [0, 0.05) is 0 Å². The summed E-state index contributed by atoms with van der Waals surface area (Å²) in [6.07, 6.45) is -14.2. The number of ketones is 1. The summed E-state index contributed by atoms with van der Waals surface area (Å²) in [5, 5.41) is 65.1. The van der Waals surface area contributed by atoms with Crippen molar-refractivity contribution in [1.29, 1.82) is 0 Å². The summed E-state index contributed by atoms with van der Waals surface area (Å²) in [5.41, 5.74) is 0. The Morgan fingerprint density at radius 3 is 2.17 bits per heavy atom. The lowest BCUT2D eigenvalue weighted by Gasteiger charge is -2.38. The molecule has 11 heteroatoms.